The van der Waals surface area contributed by atoms with Crippen LogP contribution in [-0.4, -0.2) is 43.8 Å². The fourth-order valence-corrected chi connectivity index (χ4v) is 3.10. The van der Waals surface area contributed by atoms with Gasteiger partial charge in [0.2, 0.25) is 5.82 Å². The normalized spacial score (nSPS) is 19.1. The molecule has 8 nitrogen and oxygen atoms in total. The summed E-state index contributed by atoms with van der Waals surface area (Å²) in [6.45, 7) is 6.75. The number of aromatic nitrogens is 4. The predicted molar refractivity (Wildman–Crippen MR) is 82.7 cm³/mol. The average Bonchev–Trinajstić information content (AvgIpc) is 3.16. The molecule has 1 unspecified atom stereocenters. The number of amides is 1. The average molecular weight is 318 g/mol. The second-order valence-corrected chi connectivity index (χ2v) is 5.96. The summed E-state index contributed by atoms with van der Waals surface area (Å²) in [7, 11) is 0. The monoisotopic (exact) mass is 318 g/mol. The highest BCUT2D eigenvalue weighted by Crippen LogP contribution is 2.24. The van der Waals surface area contributed by atoms with Crippen LogP contribution in [0.1, 0.15) is 53.4 Å². The Labute approximate surface area is 134 Å². The van der Waals surface area contributed by atoms with Gasteiger partial charge in [-0.3, -0.25) is 9.69 Å². The Hall–Kier alpha value is -2.22. The van der Waals surface area contributed by atoms with E-state index in [0.29, 0.717) is 0 Å². The molecule has 1 aliphatic heterocycles. The van der Waals surface area contributed by atoms with E-state index < -0.39 is 5.91 Å². The minimum Gasteiger partial charge on any atom is -0.363 e. The predicted octanol–water partition coefficient (Wildman–Crippen LogP) is 1.07. The molecule has 2 N–H and O–H groups in total. The van der Waals surface area contributed by atoms with Crippen LogP contribution in [0.3, 0.4) is 0 Å². The summed E-state index contributed by atoms with van der Waals surface area (Å²) < 4.78 is 7.07. The van der Waals surface area contributed by atoms with Crippen molar-refractivity contribution in [1.82, 2.24) is 24.8 Å². The molecule has 1 saturated heterocycles. The van der Waals surface area contributed by atoms with Crippen LogP contribution in [0.25, 0.3) is 0 Å². The molecule has 0 aliphatic carbocycles. The van der Waals surface area contributed by atoms with Gasteiger partial charge in [0.15, 0.2) is 0 Å². The highest BCUT2D eigenvalue weighted by Gasteiger charge is 2.25. The highest BCUT2D eigenvalue weighted by atomic mass is 16.5. The van der Waals surface area contributed by atoms with Gasteiger partial charge in [-0.15, -0.1) is 5.10 Å². The summed E-state index contributed by atoms with van der Waals surface area (Å²) in [5.74, 6) is 0.370. The summed E-state index contributed by atoms with van der Waals surface area (Å²) in [5.41, 5.74) is 7.43. The van der Waals surface area contributed by atoms with Gasteiger partial charge in [0, 0.05) is 18.7 Å². The third kappa shape index (κ3) is 3.26. The smallest absolute Gasteiger partial charge is 0.288 e. The third-order valence-corrected chi connectivity index (χ3v) is 4.37. The number of piperidine rings is 1. The number of likely N-dealkylation sites (tertiary alicyclic amines) is 1. The zero-order valence-corrected chi connectivity index (χ0v) is 13.5. The fraction of sp³-hybridized carbons (Fsp3) is 0.600. The van der Waals surface area contributed by atoms with Crippen molar-refractivity contribution in [2.75, 3.05) is 13.1 Å². The number of nitrogens with zero attached hydrogens (tertiary/aromatic N) is 5. The van der Waals surface area contributed by atoms with Crippen LogP contribution >= 0.6 is 0 Å². The van der Waals surface area contributed by atoms with E-state index in [0.717, 1.165) is 50.4 Å². The Bertz CT molecular complexity index is 692. The van der Waals surface area contributed by atoms with E-state index in [9.17, 15) is 4.79 Å². The zero-order valence-electron chi connectivity index (χ0n) is 13.5. The molecule has 0 bridgehead atoms. The summed E-state index contributed by atoms with van der Waals surface area (Å²) in [6.07, 6.45) is 4.55. The van der Waals surface area contributed by atoms with Crippen molar-refractivity contribution in [2.24, 2.45) is 5.73 Å². The molecule has 0 saturated carbocycles. The van der Waals surface area contributed by atoms with Crippen molar-refractivity contribution in [3.63, 3.8) is 0 Å². The summed E-state index contributed by atoms with van der Waals surface area (Å²) in [5, 5.41) is 8.31. The molecule has 0 spiro atoms. The summed E-state index contributed by atoms with van der Waals surface area (Å²) in [6, 6.07) is 0.203. The van der Waals surface area contributed by atoms with Gasteiger partial charge in [-0.05, 0) is 32.7 Å². The first-order valence-electron chi connectivity index (χ1n) is 7.95. The molecule has 3 heterocycles. The molecule has 0 aromatic carbocycles. The standard InChI is InChI=1S/C15H22N6O2/c1-3-13-12(10(2)23-19-13)8-20-6-4-5-11(7-20)21-9-17-15(18-21)14(16)22/h9,11H,3-8H2,1-2H3,(H2,16,22). The first-order chi connectivity index (χ1) is 11.1. The van der Waals surface area contributed by atoms with Crippen LogP contribution in [-0.2, 0) is 13.0 Å². The molecule has 1 aliphatic rings. The molecular formula is C15H22N6O2. The molecule has 1 fully saturated rings. The van der Waals surface area contributed by atoms with Crippen molar-refractivity contribution in [3.05, 3.63) is 29.2 Å². The number of primary amides is 1. The maximum atomic E-state index is 11.1. The van der Waals surface area contributed by atoms with Crippen LogP contribution in [0.5, 0.6) is 0 Å². The topological polar surface area (TPSA) is 103 Å². The molecule has 23 heavy (non-hydrogen) atoms. The van der Waals surface area contributed by atoms with Gasteiger partial charge in [-0.1, -0.05) is 12.1 Å². The molecule has 2 aromatic rings. The van der Waals surface area contributed by atoms with E-state index in [1.165, 1.54) is 5.56 Å². The number of carbonyl (C=O) groups excluding carboxylic acids is 1. The van der Waals surface area contributed by atoms with Gasteiger partial charge >= 0.3 is 0 Å². The van der Waals surface area contributed by atoms with Crippen LogP contribution < -0.4 is 5.73 Å². The Balaban J connectivity index is 1.70. The van der Waals surface area contributed by atoms with Gasteiger partial charge in [0.05, 0.1) is 11.7 Å². The maximum Gasteiger partial charge on any atom is 0.288 e. The van der Waals surface area contributed by atoms with Crippen LogP contribution in [0, 0.1) is 6.92 Å². The first kappa shape index (κ1) is 15.7. The van der Waals surface area contributed by atoms with E-state index in [-0.39, 0.29) is 11.9 Å². The quantitative estimate of drug-likeness (QED) is 0.884. The fourth-order valence-electron chi connectivity index (χ4n) is 3.10. The number of hydrogen-bond donors (Lipinski definition) is 1. The van der Waals surface area contributed by atoms with E-state index in [2.05, 4.69) is 27.1 Å². The first-order valence-corrected chi connectivity index (χ1v) is 7.95. The highest BCUT2D eigenvalue weighted by molar-refractivity contribution is 5.88. The molecular weight excluding hydrogens is 296 g/mol. The van der Waals surface area contributed by atoms with Gasteiger partial charge in [-0.25, -0.2) is 9.67 Å². The lowest BCUT2D eigenvalue weighted by molar-refractivity contribution is 0.0989. The van der Waals surface area contributed by atoms with E-state index in [1.807, 2.05) is 6.92 Å². The second-order valence-electron chi connectivity index (χ2n) is 5.96. The van der Waals surface area contributed by atoms with Gasteiger partial charge in [0.1, 0.15) is 12.1 Å². The van der Waals surface area contributed by atoms with Gasteiger partial charge in [-0.2, -0.15) is 0 Å². The molecule has 8 heteroatoms. The molecule has 0 radical (unpaired) electrons. The van der Waals surface area contributed by atoms with Crippen molar-refractivity contribution in [3.8, 4) is 0 Å². The molecule has 124 valence electrons. The third-order valence-electron chi connectivity index (χ3n) is 4.37. The minimum absolute atomic E-state index is 0.0743. The van der Waals surface area contributed by atoms with E-state index >= 15 is 0 Å². The summed E-state index contributed by atoms with van der Waals surface area (Å²) in [4.78, 5) is 17.5. The number of carbonyl (C=O) groups is 1. The number of hydrogen-bond acceptors (Lipinski definition) is 6. The second kappa shape index (κ2) is 6.49. The molecule has 2 aromatic heterocycles. The van der Waals surface area contributed by atoms with Crippen LogP contribution in [0.4, 0.5) is 0 Å². The van der Waals surface area contributed by atoms with Crippen molar-refractivity contribution >= 4 is 5.91 Å². The largest absolute Gasteiger partial charge is 0.363 e. The van der Waals surface area contributed by atoms with Gasteiger partial charge in [0.25, 0.3) is 5.91 Å². The summed E-state index contributed by atoms with van der Waals surface area (Å²) >= 11 is 0. The Morgan fingerprint density at radius 2 is 2.35 bits per heavy atom. The van der Waals surface area contributed by atoms with Crippen molar-refractivity contribution in [2.45, 2.75) is 45.7 Å². The lowest BCUT2D eigenvalue weighted by Gasteiger charge is -2.32. The zero-order chi connectivity index (χ0) is 16.4. The molecule has 3 rings (SSSR count). The number of nitrogens with two attached hydrogens (primary N) is 1. The Kier molecular flexibility index (Phi) is 4.42. The van der Waals surface area contributed by atoms with E-state index in [4.69, 9.17) is 10.3 Å². The van der Waals surface area contributed by atoms with Crippen molar-refractivity contribution in [1.29, 1.82) is 0 Å². The van der Waals surface area contributed by atoms with Gasteiger partial charge < -0.3 is 10.3 Å². The lowest BCUT2D eigenvalue weighted by Crippen LogP contribution is -2.36. The Morgan fingerprint density at radius 1 is 1.52 bits per heavy atom. The molecule has 1 atom stereocenters. The molecule has 1 amide bonds. The van der Waals surface area contributed by atoms with E-state index in [1.54, 1.807) is 11.0 Å². The lowest BCUT2D eigenvalue weighted by atomic mass is 10.0. The number of rotatable bonds is 5. The van der Waals surface area contributed by atoms with Crippen LogP contribution in [0.2, 0.25) is 0 Å². The SMILES string of the molecule is CCc1noc(C)c1CN1CCCC(n2cnc(C(N)=O)n2)C1. The maximum absolute atomic E-state index is 11.1. The minimum atomic E-state index is -0.593. The number of aryl methyl sites for hydroxylation is 2. The van der Waals surface area contributed by atoms with Crippen molar-refractivity contribution < 1.29 is 9.32 Å². The Morgan fingerprint density at radius 3 is 3.04 bits per heavy atom. The van der Waals surface area contributed by atoms with Crippen LogP contribution in [0.15, 0.2) is 10.9 Å².